The highest BCUT2D eigenvalue weighted by Gasteiger charge is 1.88. The zero-order chi connectivity index (χ0) is 9.94. The summed E-state index contributed by atoms with van der Waals surface area (Å²) in [6.45, 7) is 9.34. The molecule has 1 N–H and O–H groups in total. The number of nitrogens with one attached hydrogen (secondary N) is 1. The van der Waals surface area contributed by atoms with Crippen LogP contribution in [-0.4, -0.2) is 22.6 Å². The molecule has 0 unspecified atom stereocenters. The van der Waals surface area contributed by atoms with Crippen LogP contribution in [0.15, 0.2) is 18.7 Å². The van der Waals surface area contributed by atoms with Gasteiger partial charge < -0.3 is 9.88 Å². The van der Waals surface area contributed by atoms with E-state index in [2.05, 4.69) is 21.8 Å². The fraction of sp³-hybridized carbons (Fsp3) is 0.700. The first kappa shape index (κ1) is 12.2. The van der Waals surface area contributed by atoms with Gasteiger partial charge in [-0.1, -0.05) is 20.8 Å². The van der Waals surface area contributed by atoms with Gasteiger partial charge in [0.2, 0.25) is 0 Å². The molecule has 0 bridgehead atoms. The Morgan fingerprint density at radius 2 is 2.15 bits per heavy atom. The predicted octanol–water partition coefficient (Wildman–Crippen LogP) is 1.91. The van der Waals surface area contributed by atoms with Gasteiger partial charge in [-0.05, 0) is 19.5 Å². The molecule has 0 aromatic carbocycles. The Morgan fingerprint density at radius 3 is 2.69 bits per heavy atom. The number of aromatic nitrogens is 2. The lowest BCUT2D eigenvalue weighted by Gasteiger charge is -2.01. The molecular weight excluding hydrogens is 162 g/mol. The molecule has 0 atom stereocenters. The first-order chi connectivity index (χ1) is 6.43. The second-order valence-corrected chi connectivity index (χ2v) is 2.51. The van der Waals surface area contributed by atoms with Gasteiger partial charge in [-0.25, -0.2) is 4.98 Å². The fourth-order valence-corrected chi connectivity index (χ4v) is 0.982. The van der Waals surface area contributed by atoms with Crippen LogP contribution in [0.1, 0.15) is 27.2 Å². The van der Waals surface area contributed by atoms with Gasteiger partial charge in [0.1, 0.15) is 0 Å². The highest BCUT2D eigenvalue weighted by atomic mass is 15.0. The summed E-state index contributed by atoms with van der Waals surface area (Å²) in [6.07, 6.45) is 6.83. The van der Waals surface area contributed by atoms with Crippen molar-refractivity contribution in [3.8, 4) is 0 Å². The van der Waals surface area contributed by atoms with Gasteiger partial charge in [0.15, 0.2) is 0 Å². The van der Waals surface area contributed by atoms with Gasteiger partial charge in [-0.15, -0.1) is 0 Å². The minimum absolute atomic E-state index is 1.06. The van der Waals surface area contributed by atoms with E-state index in [-0.39, 0.29) is 0 Å². The maximum atomic E-state index is 3.96. The summed E-state index contributed by atoms with van der Waals surface area (Å²) in [5, 5.41) is 3.28. The predicted molar refractivity (Wildman–Crippen MR) is 56.7 cm³/mol. The van der Waals surface area contributed by atoms with Crippen LogP contribution in [0.5, 0.6) is 0 Å². The van der Waals surface area contributed by atoms with Crippen molar-refractivity contribution >= 4 is 0 Å². The highest BCUT2D eigenvalue weighted by molar-refractivity contribution is 4.73. The molecule has 0 aliphatic carbocycles. The molecule has 0 amide bonds. The number of imidazole rings is 1. The van der Waals surface area contributed by atoms with Crippen molar-refractivity contribution in [1.82, 2.24) is 14.9 Å². The highest BCUT2D eigenvalue weighted by Crippen LogP contribution is 1.88. The summed E-state index contributed by atoms with van der Waals surface area (Å²) in [7, 11) is 0. The summed E-state index contributed by atoms with van der Waals surface area (Å²) in [5.74, 6) is 0. The van der Waals surface area contributed by atoms with Crippen LogP contribution in [0, 0.1) is 0 Å². The largest absolute Gasteiger partial charge is 0.337 e. The van der Waals surface area contributed by atoms with Crippen molar-refractivity contribution in [2.75, 3.05) is 13.1 Å². The van der Waals surface area contributed by atoms with Crippen molar-refractivity contribution in [2.45, 2.75) is 33.7 Å². The fourth-order valence-electron chi connectivity index (χ4n) is 0.982. The van der Waals surface area contributed by atoms with Gasteiger partial charge in [0.05, 0.1) is 6.33 Å². The van der Waals surface area contributed by atoms with Crippen molar-refractivity contribution in [1.29, 1.82) is 0 Å². The van der Waals surface area contributed by atoms with E-state index in [0.29, 0.717) is 0 Å². The van der Waals surface area contributed by atoms with E-state index in [9.17, 15) is 0 Å². The Bertz CT molecular complexity index is 170. The molecule has 0 aliphatic rings. The molecular formula is C10H21N3. The summed E-state index contributed by atoms with van der Waals surface area (Å²) in [6, 6.07) is 0. The Balaban J connectivity index is 0.000000671. The molecule has 0 radical (unpaired) electrons. The average Bonchev–Trinajstić information content (AvgIpc) is 2.68. The Labute approximate surface area is 81.2 Å². The Hall–Kier alpha value is -0.830. The molecule has 3 heteroatoms. The van der Waals surface area contributed by atoms with Crippen LogP contribution in [0.2, 0.25) is 0 Å². The number of hydrogen-bond acceptors (Lipinski definition) is 2. The molecule has 13 heavy (non-hydrogen) atoms. The number of nitrogens with zero attached hydrogens (tertiary/aromatic N) is 2. The topological polar surface area (TPSA) is 29.9 Å². The van der Waals surface area contributed by atoms with E-state index in [1.807, 2.05) is 32.6 Å². The van der Waals surface area contributed by atoms with Crippen molar-refractivity contribution < 1.29 is 0 Å². The van der Waals surface area contributed by atoms with E-state index >= 15 is 0 Å². The average molecular weight is 183 g/mol. The maximum absolute atomic E-state index is 3.96. The molecule has 3 nitrogen and oxygen atoms in total. The molecule has 1 aromatic rings. The molecule has 0 saturated heterocycles. The zero-order valence-electron chi connectivity index (χ0n) is 8.95. The third kappa shape index (κ3) is 6.34. The molecule has 0 fully saturated rings. The van der Waals surface area contributed by atoms with Crippen LogP contribution < -0.4 is 5.32 Å². The quantitative estimate of drug-likeness (QED) is 0.707. The van der Waals surface area contributed by atoms with Gasteiger partial charge >= 0.3 is 0 Å². The van der Waals surface area contributed by atoms with Gasteiger partial charge in [0, 0.05) is 18.9 Å². The SMILES string of the molecule is CC.CCNCCCn1ccnc1. The molecule has 1 aromatic heterocycles. The standard InChI is InChI=1S/C8H15N3.C2H6/c1-2-9-4-3-6-11-7-5-10-8-11;1-2/h5,7-9H,2-4,6H2,1H3;1-2H3. The van der Waals surface area contributed by atoms with Crippen LogP contribution in [-0.2, 0) is 6.54 Å². The normalized spacial score (nSPS) is 9.15. The van der Waals surface area contributed by atoms with Crippen LogP contribution in [0.3, 0.4) is 0 Å². The summed E-state index contributed by atoms with van der Waals surface area (Å²) < 4.78 is 2.09. The molecule has 1 rings (SSSR count). The molecule has 1 heterocycles. The van der Waals surface area contributed by atoms with Gasteiger partial charge in [-0.3, -0.25) is 0 Å². The first-order valence-electron chi connectivity index (χ1n) is 5.10. The third-order valence-electron chi connectivity index (χ3n) is 1.58. The second kappa shape index (κ2) is 9.26. The lowest BCUT2D eigenvalue weighted by atomic mass is 10.4. The van der Waals surface area contributed by atoms with Crippen LogP contribution in [0.25, 0.3) is 0 Å². The molecule has 76 valence electrons. The van der Waals surface area contributed by atoms with Gasteiger partial charge in [0.25, 0.3) is 0 Å². The summed E-state index contributed by atoms with van der Waals surface area (Å²) in [4.78, 5) is 3.96. The number of rotatable bonds is 5. The maximum Gasteiger partial charge on any atom is 0.0945 e. The second-order valence-electron chi connectivity index (χ2n) is 2.51. The van der Waals surface area contributed by atoms with E-state index in [1.54, 1.807) is 0 Å². The first-order valence-corrected chi connectivity index (χ1v) is 5.10. The van der Waals surface area contributed by atoms with Crippen LogP contribution in [0.4, 0.5) is 0 Å². The number of aryl methyl sites for hydroxylation is 1. The van der Waals surface area contributed by atoms with Crippen LogP contribution >= 0.6 is 0 Å². The van der Waals surface area contributed by atoms with Crippen molar-refractivity contribution in [3.05, 3.63) is 18.7 Å². The molecule has 0 aliphatic heterocycles. The molecule has 0 saturated carbocycles. The lowest BCUT2D eigenvalue weighted by molar-refractivity contribution is 0.592. The lowest BCUT2D eigenvalue weighted by Crippen LogP contribution is -2.15. The Morgan fingerprint density at radius 1 is 1.38 bits per heavy atom. The van der Waals surface area contributed by atoms with Gasteiger partial charge in [-0.2, -0.15) is 0 Å². The summed E-state index contributed by atoms with van der Waals surface area (Å²) in [5.41, 5.74) is 0. The molecule has 0 spiro atoms. The monoisotopic (exact) mass is 183 g/mol. The zero-order valence-corrected chi connectivity index (χ0v) is 8.95. The third-order valence-corrected chi connectivity index (χ3v) is 1.58. The minimum Gasteiger partial charge on any atom is -0.337 e. The minimum atomic E-state index is 1.06. The van der Waals surface area contributed by atoms with E-state index in [1.165, 1.54) is 6.42 Å². The van der Waals surface area contributed by atoms with E-state index in [0.717, 1.165) is 19.6 Å². The van der Waals surface area contributed by atoms with Crippen molar-refractivity contribution in [3.63, 3.8) is 0 Å². The number of hydrogen-bond donors (Lipinski definition) is 1. The Kier molecular flexibility index (Phi) is 8.67. The smallest absolute Gasteiger partial charge is 0.0945 e. The summed E-state index contributed by atoms with van der Waals surface area (Å²) >= 11 is 0. The van der Waals surface area contributed by atoms with Crippen molar-refractivity contribution in [2.24, 2.45) is 0 Å². The van der Waals surface area contributed by atoms with E-state index in [4.69, 9.17) is 0 Å². The van der Waals surface area contributed by atoms with E-state index < -0.39 is 0 Å².